The molecule has 1 aromatic rings. The number of nitrogens with one attached hydrogen (secondary N) is 1. The Morgan fingerprint density at radius 3 is 2.56 bits per heavy atom. The van der Waals surface area contributed by atoms with Crippen molar-refractivity contribution in [1.82, 2.24) is 9.97 Å². The third-order valence-corrected chi connectivity index (χ3v) is 1.90. The Kier molecular flexibility index (Phi) is 4.03. The predicted molar refractivity (Wildman–Crippen MR) is 50.5 cm³/mol. The van der Waals surface area contributed by atoms with Gasteiger partial charge in [-0.3, -0.25) is 0 Å². The Hall–Kier alpha value is -1.40. The lowest BCUT2D eigenvalue weighted by Crippen LogP contribution is -2.16. The van der Waals surface area contributed by atoms with Gasteiger partial charge in [-0.15, -0.1) is 0 Å². The zero-order chi connectivity index (χ0) is 12.2. The van der Waals surface area contributed by atoms with E-state index in [9.17, 15) is 17.6 Å². The fourth-order valence-electron chi connectivity index (χ4n) is 1.10. The molecule has 0 spiro atoms. The molecular formula is C9H11F4N3. The summed E-state index contributed by atoms with van der Waals surface area (Å²) in [7, 11) is 0. The molecule has 0 aliphatic heterocycles. The fourth-order valence-corrected chi connectivity index (χ4v) is 1.10. The highest BCUT2D eigenvalue weighted by molar-refractivity contribution is 5.37. The molecule has 1 aromatic heterocycles. The van der Waals surface area contributed by atoms with E-state index < -0.39 is 25.0 Å². The summed E-state index contributed by atoms with van der Waals surface area (Å²) < 4.78 is 48.9. The van der Waals surface area contributed by atoms with Gasteiger partial charge in [0.05, 0.1) is 12.1 Å². The van der Waals surface area contributed by atoms with Gasteiger partial charge in [-0.1, -0.05) is 6.92 Å². The zero-order valence-electron chi connectivity index (χ0n) is 8.60. The number of halogens is 4. The van der Waals surface area contributed by atoms with E-state index in [0.717, 1.165) is 6.33 Å². The molecule has 0 atom stereocenters. The highest BCUT2D eigenvalue weighted by Crippen LogP contribution is 2.20. The Morgan fingerprint density at radius 1 is 1.31 bits per heavy atom. The van der Waals surface area contributed by atoms with E-state index in [-0.39, 0.29) is 11.5 Å². The van der Waals surface area contributed by atoms with Gasteiger partial charge in [-0.05, 0) is 6.42 Å². The molecular weight excluding hydrogens is 226 g/mol. The first-order chi connectivity index (χ1) is 7.44. The monoisotopic (exact) mass is 237 g/mol. The number of hydrogen-bond acceptors (Lipinski definition) is 3. The second-order valence-electron chi connectivity index (χ2n) is 3.13. The number of anilines is 1. The molecule has 0 unspecified atom stereocenters. The maximum Gasteiger partial charge on any atom is 0.390 e. The lowest BCUT2D eigenvalue weighted by molar-refractivity contribution is -0.131. The van der Waals surface area contributed by atoms with E-state index in [1.807, 2.05) is 0 Å². The van der Waals surface area contributed by atoms with Gasteiger partial charge >= 0.3 is 6.18 Å². The van der Waals surface area contributed by atoms with Crippen molar-refractivity contribution in [2.45, 2.75) is 25.9 Å². The SMILES string of the molecule is CCc1ncnc(NCCC(F)(F)F)c1F. The van der Waals surface area contributed by atoms with Gasteiger partial charge in [0.15, 0.2) is 11.6 Å². The van der Waals surface area contributed by atoms with Crippen LogP contribution in [-0.4, -0.2) is 22.7 Å². The number of alkyl halides is 3. The minimum absolute atomic E-state index is 0.184. The van der Waals surface area contributed by atoms with Crippen LogP contribution >= 0.6 is 0 Å². The quantitative estimate of drug-likeness (QED) is 0.818. The van der Waals surface area contributed by atoms with Crippen molar-refractivity contribution in [2.24, 2.45) is 0 Å². The van der Waals surface area contributed by atoms with Crippen LogP contribution in [0.15, 0.2) is 6.33 Å². The molecule has 0 saturated carbocycles. The first-order valence-electron chi connectivity index (χ1n) is 4.74. The summed E-state index contributed by atoms with van der Waals surface area (Å²) in [6.07, 6.45) is -3.80. The Balaban J connectivity index is 2.61. The molecule has 0 fully saturated rings. The fraction of sp³-hybridized carbons (Fsp3) is 0.556. The Morgan fingerprint density at radius 2 is 2.00 bits per heavy atom. The maximum atomic E-state index is 13.4. The van der Waals surface area contributed by atoms with E-state index in [4.69, 9.17) is 0 Å². The first-order valence-corrected chi connectivity index (χ1v) is 4.74. The number of hydrogen-bond donors (Lipinski definition) is 1. The number of aryl methyl sites for hydroxylation is 1. The molecule has 0 aliphatic rings. The molecule has 0 bridgehead atoms. The molecule has 1 N–H and O–H groups in total. The van der Waals surface area contributed by atoms with Crippen LogP contribution in [0, 0.1) is 5.82 Å². The molecule has 0 saturated heterocycles. The normalized spacial score (nSPS) is 11.6. The van der Waals surface area contributed by atoms with Crippen LogP contribution in [0.25, 0.3) is 0 Å². The van der Waals surface area contributed by atoms with Gasteiger partial charge < -0.3 is 5.32 Å². The van der Waals surface area contributed by atoms with Gasteiger partial charge in [0.2, 0.25) is 0 Å². The third kappa shape index (κ3) is 3.63. The van der Waals surface area contributed by atoms with Crippen LogP contribution in [0.5, 0.6) is 0 Å². The second kappa shape index (κ2) is 5.09. The Labute approximate surface area is 89.9 Å². The number of nitrogens with zero attached hydrogens (tertiary/aromatic N) is 2. The molecule has 0 aliphatic carbocycles. The van der Waals surface area contributed by atoms with Gasteiger partial charge in [0.1, 0.15) is 6.33 Å². The van der Waals surface area contributed by atoms with Gasteiger partial charge in [-0.25, -0.2) is 14.4 Å². The molecule has 0 aromatic carbocycles. The molecule has 0 radical (unpaired) electrons. The van der Waals surface area contributed by atoms with E-state index in [1.165, 1.54) is 0 Å². The van der Waals surface area contributed by atoms with Crippen LogP contribution in [0.1, 0.15) is 19.0 Å². The van der Waals surface area contributed by atoms with E-state index >= 15 is 0 Å². The van der Waals surface area contributed by atoms with Crippen LogP contribution in [-0.2, 0) is 6.42 Å². The molecule has 90 valence electrons. The van der Waals surface area contributed by atoms with Crippen molar-refractivity contribution in [3.63, 3.8) is 0 Å². The summed E-state index contributed by atoms with van der Waals surface area (Å²) in [4.78, 5) is 7.21. The molecule has 1 heterocycles. The summed E-state index contributed by atoms with van der Waals surface area (Å²) in [5.74, 6) is -0.872. The van der Waals surface area contributed by atoms with Gasteiger partial charge in [-0.2, -0.15) is 13.2 Å². The summed E-state index contributed by atoms with van der Waals surface area (Å²) in [5.41, 5.74) is 0.185. The van der Waals surface area contributed by atoms with Crippen molar-refractivity contribution in [2.75, 3.05) is 11.9 Å². The van der Waals surface area contributed by atoms with Crippen molar-refractivity contribution < 1.29 is 17.6 Å². The molecule has 3 nitrogen and oxygen atoms in total. The molecule has 1 rings (SSSR count). The average Bonchev–Trinajstić information content (AvgIpc) is 2.19. The first kappa shape index (κ1) is 12.7. The second-order valence-corrected chi connectivity index (χ2v) is 3.13. The predicted octanol–water partition coefficient (Wildman–Crippen LogP) is 2.54. The minimum atomic E-state index is -4.26. The van der Waals surface area contributed by atoms with Gasteiger partial charge in [0.25, 0.3) is 0 Å². The summed E-state index contributed by atoms with van der Waals surface area (Å²) in [6.45, 7) is 1.30. The number of rotatable bonds is 4. The van der Waals surface area contributed by atoms with Crippen molar-refractivity contribution in [3.05, 3.63) is 17.8 Å². The van der Waals surface area contributed by atoms with Crippen LogP contribution in [0.3, 0.4) is 0 Å². The largest absolute Gasteiger partial charge is 0.390 e. The number of aromatic nitrogens is 2. The smallest absolute Gasteiger partial charge is 0.367 e. The van der Waals surface area contributed by atoms with Gasteiger partial charge in [0, 0.05) is 6.54 Å². The standard InChI is InChI=1S/C9H11F4N3/c1-2-6-7(10)8(16-5-15-6)14-4-3-9(11,12)13/h5H,2-4H2,1H3,(H,14,15,16). The van der Waals surface area contributed by atoms with Crippen molar-refractivity contribution >= 4 is 5.82 Å². The summed E-state index contributed by atoms with van der Waals surface area (Å²) in [5, 5.41) is 2.30. The van der Waals surface area contributed by atoms with Crippen LogP contribution < -0.4 is 5.32 Å². The molecule has 0 amide bonds. The summed E-state index contributed by atoms with van der Waals surface area (Å²) >= 11 is 0. The average molecular weight is 237 g/mol. The van der Waals surface area contributed by atoms with E-state index in [0.29, 0.717) is 6.42 Å². The van der Waals surface area contributed by atoms with Crippen molar-refractivity contribution in [3.8, 4) is 0 Å². The highest BCUT2D eigenvalue weighted by Gasteiger charge is 2.26. The van der Waals surface area contributed by atoms with Crippen LogP contribution in [0.4, 0.5) is 23.4 Å². The lowest BCUT2D eigenvalue weighted by Gasteiger charge is -2.09. The molecule has 7 heteroatoms. The topological polar surface area (TPSA) is 37.8 Å². The lowest BCUT2D eigenvalue weighted by atomic mass is 10.3. The minimum Gasteiger partial charge on any atom is -0.367 e. The molecule has 16 heavy (non-hydrogen) atoms. The zero-order valence-corrected chi connectivity index (χ0v) is 8.60. The maximum absolute atomic E-state index is 13.4. The van der Waals surface area contributed by atoms with Crippen molar-refractivity contribution in [1.29, 1.82) is 0 Å². The highest BCUT2D eigenvalue weighted by atomic mass is 19.4. The van der Waals surface area contributed by atoms with E-state index in [2.05, 4.69) is 15.3 Å². The third-order valence-electron chi connectivity index (χ3n) is 1.90. The van der Waals surface area contributed by atoms with E-state index in [1.54, 1.807) is 6.92 Å². The van der Waals surface area contributed by atoms with Crippen LogP contribution in [0.2, 0.25) is 0 Å². The summed E-state index contributed by atoms with van der Waals surface area (Å²) in [6, 6.07) is 0. The Bertz CT molecular complexity index is 351.